The molecule has 0 unspecified atom stereocenters. The predicted molar refractivity (Wildman–Crippen MR) is 107 cm³/mol. The van der Waals surface area contributed by atoms with Gasteiger partial charge in [0, 0.05) is 29.7 Å². The van der Waals surface area contributed by atoms with Crippen molar-refractivity contribution in [3.8, 4) is 0 Å². The van der Waals surface area contributed by atoms with Crippen LogP contribution in [0, 0.1) is 0 Å². The van der Waals surface area contributed by atoms with Gasteiger partial charge in [-0.1, -0.05) is 6.07 Å². The van der Waals surface area contributed by atoms with Gasteiger partial charge >= 0.3 is 0 Å². The summed E-state index contributed by atoms with van der Waals surface area (Å²) in [7, 11) is -3.72. The highest BCUT2D eigenvalue weighted by molar-refractivity contribution is 7.93. The summed E-state index contributed by atoms with van der Waals surface area (Å²) in [6.45, 7) is 0. The summed E-state index contributed by atoms with van der Waals surface area (Å²) in [6, 6.07) is 11.6. The number of nitrogens with one attached hydrogen (secondary N) is 2. The van der Waals surface area contributed by atoms with Crippen molar-refractivity contribution < 1.29 is 13.2 Å². The second-order valence-electron chi connectivity index (χ2n) is 5.89. The molecule has 0 fully saturated rings. The van der Waals surface area contributed by atoms with E-state index in [1.54, 1.807) is 11.6 Å². The number of carbonyl (C=O) groups is 1. The van der Waals surface area contributed by atoms with E-state index >= 15 is 0 Å². The Labute approximate surface area is 164 Å². The SMILES string of the molecule is O=C(Cc1cn2ccccc2n1)Nc1ccc(S(=O)(=O)Nc2nccs2)cc1. The van der Waals surface area contributed by atoms with E-state index in [9.17, 15) is 13.2 Å². The van der Waals surface area contributed by atoms with Gasteiger partial charge in [-0.3, -0.25) is 9.52 Å². The van der Waals surface area contributed by atoms with Crippen molar-refractivity contribution in [1.82, 2.24) is 14.4 Å². The molecule has 1 amide bonds. The number of hydrogen-bond donors (Lipinski definition) is 2. The van der Waals surface area contributed by atoms with Crippen LogP contribution in [0.4, 0.5) is 10.8 Å². The molecule has 0 aliphatic rings. The molecule has 10 heteroatoms. The number of hydrogen-bond acceptors (Lipinski definition) is 6. The molecular weight excluding hydrogens is 398 g/mol. The number of aromatic nitrogens is 3. The maximum Gasteiger partial charge on any atom is 0.263 e. The molecule has 4 rings (SSSR count). The van der Waals surface area contributed by atoms with Crippen molar-refractivity contribution in [2.75, 3.05) is 10.0 Å². The molecule has 3 heterocycles. The molecular formula is C18H15N5O3S2. The van der Waals surface area contributed by atoms with Gasteiger partial charge in [-0.15, -0.1) is 11.3 Å². The monoisotopic (exact) mass is 413 g/mol. The van der Waals surface area contributed by atoms with E-state index in [-0.39, 0.29) is 17.2 Å². The smallest absolute Gasteiger partial charge is 0.263 e. The van der Waals surface area contributed by atoms with Gasteiger partial charge in [0.05, 0.1) is 17.0 Å². The second kappa shape index (κ2) is 7.41. The molecule has 0 saturated heterocycles. The van der Waals surface area contributed by atoms with Crippen molar-refractivity contribution in [2.24, 2.45) is 0 Å². The third kappa shape index (κ3) is 4.02. The first-order chi connectivity index (χ1) is 13.5. The number of amides is 1. The highest BCUT2D eigenvalue weighted by atomic mass is 32.2. The number of nitrogens with zero attached hydrogens (tertiary/aromatic N) is 3. The molecule has 3 aromatic heterocycles. The Kier molecular flexibility index (Phi) is 4.80. The zero-order chi connectivity index (χ0) is 19.6. The maximum atomic E-state index is 12.3. The van der Waals surface area contributed by atoms with Gasteiger partial charge in [0.15, 0.2) is 5.13 Å². The summed E-state index contributed by atoms with van der Waals surface area (Å²) in [5, 5.41) is 4.72. The average Bonchev–Trinajstić information content (AvgIpc) is 3.30. The van der Waals surface area contributed by atoms with E-state index in [1.807, 2.05) is 28.8 Å². The summed E-state index contributed by atoms with van der Waals surface area (Å²) < 4.78 is 28.9. The van der Waals surface area contributed by atoms with Gasteiger partial charge in [-0.25, -0.2) is 18.4 Å². The van der Waals surface area contributed by atoms with Crippen molar-refractivity contribution in [3.05, 3.63) is 72.1 Å². The minimum absolute atomic E-state index is 0.0843. The summed E-state index contributed by atoms with van der Waals surface area (Å²) in [5.41, 5.74) is 1.92. The highest BCUT2D eigenvalue weighted by Gasteiger charge is 2.15. The van der Waals surface area contributed by atoms with E-state index in [1.165, 1.54) is 41.8 Å². The third-order valence-corrected chi connectivity index (χ3v) is 6.03. The van der Waals surface area contributed by atoms with E-state index in [4.69, 9.17) is 0 Å². The Morgan fingerprint density at radius 3 is 2.68 bits per heavy atom. The maximum absolute atomic E-state index is 12.3. The van der Waals surface area contributed by atoms with E-state index < -0.39 is 10.0 Å². The van der Waals surface area contributed by atoms with Gasteiger partial charge in [-0.2, -0.15) is 0 Å². The molecule has 0 radical (unpaired) electrons. The first-order valence-corrected chi connectivity index (χ1v) is 10.6. The average molecular weight is 413 g/mol. The quantitative estimate of drug-likeness (QED) is 0.506. The minimum atomic E-state index is -3.72. The van der Waals surface area contributed by atoms with Crippen LogP contribution in [-0.4, -0.2) is 28.7 Å². The van der Waals surface area contributed by atoms with Crippen molar-refractivity contribution in [2.45, 2.75) is 11.3 Å². The molecule has 0 saturated carbocycles. The molecule has 8 nitrogen and oxygen atoms in total. The Morgan fingerprint density at radius 2 is 1.96 bits per heavy atom. The number of carbonyl (C=O) groups excluding carboxylic acids is 1. The molecule has 28 heavy (non-hydrogen) atoms. The summed E-state index contributed by atoms with van der Waals surface area (Å²) in [4.78, 5) is 20.6. The molecule has 4 aromatic rings. The summed E-state index contributed by atoms with van der Waals surface area (Å²) >= 11 is 1.19. The fourth-order valence-corrected chi connectivity index (χ4v) is 4.40. The van der Waals surface area contributed by atoms with Crippen LogP contribution in [0.2, 0.25) is 0 Å². The Bertz CT molecular complexity index is 1180. The molecule has 2 N–H and O–H groups in total. The van der Waals surface area contributed by atoms with Crippen LogP contribution in [0.25, 0.3) is 5.65 Å². The number of anilines is 2. The van der Waals surface area contributed by atoms with Crippen LogP contribution in [0.5, 0.6) is 0 Å². The van der Waals surface area contributed by atoms with E-state index in [0.29, 0.717) is 16.5 Å². The van der Waals surface area contributed by atoms with E-state index in [0.717, 1.165) is 5.65 Å². The van der Waals surface area contributed by atoms with Crippen molar-refractivity contribution >= 4 is 43.7 Å². The standard InChI is InChI=1S/C18H15N5O3S2/c24-17(11-14-12-23-9-2-1-3-16(23)20-14)21-13-4-6-15(7-5-13)28(25,26)22-18-19-8-10-27-18/h1-10,12H,11H2,(H,19,22)(H,21,24). The predicted octanol–water partition coefficient (Wildman–Crippen LogP) is 2.77. The number of sulfonamides is 1. The molecule has 0 aliphatic carbocycles. The van der Waals surface area contributed by atoms with Crippen LogP contribution in [-0.2, 0) is 21.2 Å². The summed E-state index contributed by atoms with van der Waals surface area (Å²) in [5.74, 6) is -0.236. The molecule has 142 valence electrons. The fraction of sp³-hybridized carbons (Fsp3) is 0.0556. The van der Waals surface area contributed by atoms with E-state index in [2.05, 4.69) is 20.0 Å². The lowest BCUT2D eigenvalue weighted by Gasteiger charge is -2.07. The first-order valence-electron chi connectivity index (χ1n) is 8.24. The number of thiazole rings is 1. The number of imidazole rings is 1. The fourth-order valence-electron chi connectivity index (χ4n) is 2.61. The molecule has 1 aromatic carbocycles. The third-order valence-electron chi connectivity index (χ3n) is 3.86. The Balaban J connectivity index is 1.41. The second-order valence-corrected chi connectivity index (χ2v) is 8.47. The van der Waals surface area contributed by atoms with Gasteiger partial charge < -0.3 is 9.72 Å². The van der Waals surface area contributed by atoms with Gasteiger partial charge in [0.25, 0.3) is 10.0 Å². The van der Waals surface area contributed by atoms with Crippen LogP contribution >= 0.6 is 11.3 Å². The molecule has 0 bridgehead atoms. The van der Waals surface area contributed by atoms with Crippen LogP contribution in [0.1, 0.15) is 5.69 Å². The lowest BCUT2D eigenvalue weighted by Crippen LogP contribution is -2.15. The van der Waals surface area contributed by atoms with Gasteiger partial charge in [0.2, 0.25) is 5.91 Å². The van der Waals surface area contributed by atoms with Crippen molar-refractivity contribution in [1.29, 1.82) is 0 Å². The Hall–Kier alpha value is -3.24. The van der Waals surface area contributed by atoms with Crippen molar-refractivity contribution in [3.63, 3.8) is 0 Å². The van der Waals surface area contributed by atoms with Crippen LogP contribution in [0.15, 0.2) is 71.3 Å². The lowest BCUT2D eigenvalue weighted by molar-refractivity contribution is -0.115. The zero-order valence-electron chi connectivity index (χ0n) is 14.4. The summed E-state index contributed by atoms with van der Waals surface area (Å²) in [6.07, 6.45) is 5.30. The number of benzene rings is 1. The molecule has 0 aliphatic heterocycles. The normalized spacial score (nSPS) is 11.4. The van der Waals surface area contributed by atoms with Crippen LogP contribution < -0.4 is 10.0 Å². The Morgan fingerprint density at radius 1 is 1.14 bits per heavy atom. The number of fused-ring (bicyclic) bond motifs is 1. The highest BCUT2D eigenvalue weighted by Crippen LogP contribution is 2.19. The number of pyridine rings is 1. The van der Waals surface area contributed by atoms with Crippen LogP contribution in [0.3, 0.4) is 0 Å². The largest absolute Gasteiger partial charge is 0.326 e. The lowest BCUT2D eigenvalue weighted by atomic mass is 10.3. The minimum Gasteiger partial charge on any atom is -0.326 e. The zero-order valence-corrected chi connectivity index (χ0v) is 16.1. The molecule has 0 spiro atoms. The van der Waals surface area contributed by atoms with Gasteiger partial charge in [0.1, 0.15) is 5.65 Å². The first kappa shape index (κ1) is 18.1. The topological polar surface area (TPSA) is 105 Å². The van der Waals surface area contributed by atoms with Gasteiger partial charge in [-0.05, 0) is 36.4 Å². The molecule has 0 atom stereocenters. The number of rotatable bonds is 6.